The summed E-state index contributed by atoms with van der Waals surface area (Å²) in [5.74, 6) is 1.85. The molecule has 1 fully saturated rings. The van der Waals surface area contributed by atoms with Gasteiger partial charge < -0.3 is 15.1 Å². The second-order valence-corrected chi connectivity index (χ2v) is 4.84. The van der Waals surface area contributed by atoms with Gasteiger partial charge in [0, 0.05) is 6.42 Å². The molecule has 2 heterocycles. The maximum atomic E-state index is 12.0. The van der Waals surface area contributed by atoms with Crippen LogP contribution in [0.25, 0.3) is 0 Å². The van der Waals surface area contributed by atoms with Crippen molar-refractivity contribution in [3.05, 3.63) is 17.8 Å². The zero-order valence-electron chi connectivity index (χ0n) is 11.0. The number of carbonyl (C=O) groups excluding carboxylic acids is 1. The number of rotatable bonds is 4. The summed E-state index contributed by atoms with van der Waals surface area (Å²) in [5.41, 5.74) is 0. The summed E-state index contributed by atoms with van der Waals surface area (Å²) in [6.45, 7) is 5.40. The highest BCUT2D eigenvalue weighted by molar-refractivity contribution is 5.82. The maximum absolute atomic E-state index is 12.0. The predicted octanol–water partition coefficient (Wildman–Crippen LogP) is 1.24. The lowest BCUT2D eigenvalue weighted by Crippen LogP contribution is -2.50. The zero-order valence-corrected chi connectivity index (χ0v) is 11.0. The molecule has 100 valence electrons. The van der Waals surface area contributed by atoms with E-state index in [1.54, 1.807) is 6.20 Å². The third-order valence-corrected chi connectivity index (χ3v) is 3.42. The van der Waals surface area contributed by atoms with Crippen molar-refractivity contribution in [1.82, 2.24) is 15.6 Å². The first-order valence-electron chi connectivity index (χ1n) is 6.65. The minimum Gasteiger partial charge on any atom is -0.444 e. The second kappa shape index (κ2) is 6.00. The third kappa shape index (κ3) is 3.10. The first kappa shape index (κ1) is 13.1. The number of aromatic nitrogens is 1. The Morgan fingerprint density at radius 3 is 3.17 bits per heavy atom. The van der Waals surface area contributed by atoms with Crippen LogP contribution in [0.3, 0.4) is 0 Å². The van der Waals surface area contributed by atoms with Gasteiger partial charge in [-0.15, -0.1) is 0 Å². The first-order chi connectivity index (χ1) is 8.70. The molecule has 1 aromatic rings. The Hall–Kier alpha value is -1.36. The van der Waals surface area contributed by atoms with Crippen LogP contribution in [0, 0.1) is 5.92 Å². The monoisotopic (exact) mass is 251 g/mol. The van der Waals surface area contributed by atoms with Crippen molar-refractivity contribution < 1.29 is 9.21 Å². The Labute approximate surface area is 107 Å². The van der Waals surface area contributed by atoms with Crippen LogP contribution in [0.2, 0.25) is 0 Å². The minimum atomic E-state index is -0.0839. The van der Waals surface area contributed by atoms with Crippen molar-refractivity contribution in [2.45, 2.75) is 45.7 Å². The van der Waals surface area contributed by atoms with Gasteiger partial charge in [-0.2, -0.15) is 0 Å². The van der Waals surface area contributed by atoms with Crippen LogP contribution in [0.4, 0.5) is 0 Å². The quantitative estimate of drug-likeness (QED) is 0.845. The molecule has 5 heteroatoms. The number of piperidine rings is 1. The largest absolute Gasteiger partial charge is 0.444 e. The fraction of sp³-hybridized carbons (Fsp3) is 0.692. The number of hydrogen-bond donors (Lipinski definition) is 2. The molecule has 18 heavy (non-hydrogen) atoms. The molecule has 1 aliphatic rings. The first-order valence-corrected chi connectivity index (χ1v) is 6.65. The molecule has 1 saturated heterocycles. The molecule has 0 radical (unpaired) electrons. The average molecular weight is 251 g/mol. The lowest BCUT2D eigenvalue weighted by atomic mass is 9.92. The van der Waals surface area contributed by atoms with E-state index in [0.29, 0.717) is 18.4 Å². The van der Waals surface area contributed by atoms with Crippen LogP contribution in [0.1, 0.15) is 38.3 Å². The molecular formula is C13H21N3O2. The van der Waals surface area contributed by atoms with Gasteiger partial charge in [-0.3, -0.25) is 4.79 Å². The molecule has 0 spiro atoms. The van der Waals surface area contributed by atoms with Gasteiger partial charge in [0.25, 0.3) is 0 Å². The minimum absolute atomic E-state index is 0.0402. The van der Waals surface area contributed by atoms with Crippen LogP contribution in [-0.2, 0) is 17.8 Å². The predicted molar refractivity (Wildman–Crippen MR) is 67.9 cm³/mol. The molecule has 0 bridgehead atoms. The van der Waals surface area contributed by atoms with E-state index in [1.807, 2.05) is 6.92 Å². The fourth-order valence-corrected chi connectivity index (χ4v) is 2.27. The van der Waals surface area contributed by atoms with Crippen molar-refractivity contribution in [1.29, 1.82) is 0 Å². The molecule has 1 aromatic heterocycles. The van der Waals surface area contributed by atoms with E-state index < -0.39 is 0 Å². The molecule has 1 amide bonds. The Balaban J connectivity index is 1.83. The summed E-state index contributed by atoms with van der Waals surface area (Å²) in [6.07, 6.45) is 4.78. The van der Waals surface area contributed by atoms with Crippen LogP contribution in [-0.4, -0.2) is 23.5 Å². The van der Waals surface area contributed by atoms with Crippen LogP contribution >= 0.6 is 0 Å². The molecule has 1 aliphatic heterocycles. The number of oxazole rings is 1. The number of nitrogens with one attached hydrogen (secondary N) is 2. The zero-order chi connectivity index (χ0) is 13.0. The molecule has 2 unspecified atom stereocenters. The van der Waals surface area contributed by atoms with Crippen molar-refractivity contribution in [2.24, 2.45) is 5.92 Å². The maximum Gasteiger partial charge on any atom is 0.237 e. The van der Waals surface area contributed by atoms with Gasteiger partial charge in [0.1, 0.15) is 5.76 Å². The standard InChI is InChI=1S/C13H21N3O2/c1-3-10-7-15-11(18-10)8-16-13(17)12-9(2)5-4-6-14-12/h7,9,12,14H,3-6,8H2,1-2H3,(H,16,17). The Morgan fingerprint density at radius 2 is 2.50 bits per heavy atom. The molecule has 0 saturated carbocycles. The molecule has 2 atom stereocenters. The van der Waals surface area contributed by atoms with E-state index >= 15 is 0 Å². The van der Waals surface area contributed by atoms with Crippen molar-refractivity contribution in [3.8, 4) is 0 Å². The van der Waals surface area contributed by atoms with Gasteiger partial charge in [0.15, 0.2) is 0 Å². The molecular weight excluding hydrogens is 230 g/mol. The smallest absolute Gasteiger partial charge is 0.237 e. The van der Waals surface area contributed by atoms with Crippen LogP contribution in [0.15, 0.2) is 10.6 Å². The summed E-state index contributed by atoms with van der Waals surface area (Å²) in [7, 11) is 0. The SMILES string of the molecule is CCc1cnc(CNC(=O)C2NCCCC2C)o1. The van der Waals surface area contributed by atoms with Crippen LogP contribution in [0.5, 0.6) is 0 Å². The Kier molecular flexibility index (Phi) is 4.36. The van der Waals surface area contributed by atoms with Gasteiger partial charge in [-0.1, -0.05) is 13.8 Å². The van der Waals surface area contributed by atoms with E-state index in [2.05, 4.69) is 22.5 Å². The second-order valence-electron chi connectivity index (χ2n) is 4.84. The van der Waals surface area contributed by atoms with E-state index in [-0.39, 0.29) is 11.9 Å². The van der Waals surface area contributed by atoms with Crippen LogP contribution < -0.4 is 10.6 Å². The Bertz CT molecular complexity index is 403. The lowest BCUT2D eigenvalue weighted by molar-refractivity contribution is -0.125. The van der Waals surface area contributed by atoms with Gasteiger partial charge >= 0.3 is 0 Å². The van der Waals surface area contributed by atoms with Crippen molar-refractivity contribution in [2.75, 3.05) is 6.54 Å². The number of amides is 1. The fourth-order valence-electron chi connectivity index (χ4n) is 2.27. The summed E-state index contributed by atoms with van der Waals surface area (Å²) >= 11 is 0. The number of carbonyl (C=O) groups is 1. The van der Waals surface area contributed by atoms with E-state index in [1.165, 1.54) is 0 Å². The Morgan fingerprint density at radius 1 is 1.67 bits per heavy atom. The van der Waals surface area contributed by atoms with E-state index in [0.717, 1.165) is 31.6 Å². The summed E-state index contributed by atoms with van der Waals surface area (Å²) in [6, 6.07) is -0.0839. The lowest BCUT2D eigenvalue weighted by Gasteiger charge is -2.28. The average Bonchev–Trinajstić information content (AvgIpc) is 2.84. The van der Waals surface area contributed by atoms with Crippen molar-refractivity contribution in [3.63, 3.8) is 0 Å². The summed E-state index contributed by atoms with van der Waals surface area (Å²) < 4.78 is 5.45. The number of aryl methyl sites for hydroxylation is 1. The normalized spacial score (nSPS) is 23.9. The topological polar surface area (TPSA) is 67.2 Å². The van der Waals surface area contributed by atoms with Gasteiger partial charge in [0.05, 0.1) is 18.8 Å². The molecule has 5 nitrogen and oxygen atoms in total. The van der Waals surface area contributed by atoms with E-state index in [4.69, 9.17) is 4.42 Å². The highest BCUT2D eigenvalue weighted by Gasteiger charge is 2.27. The van der Waals surface area contributed by atoms with Gasteiger partial charge in [-0.05, 0) is 25.3 Å². The van der Waals surface area contributed by atoms with Gasteiger partial charge in [-0.25, -0.2) is 4.98 Å². The summed E-state index contributed by atoms with van der Waals surface area (Å²) in [5, 5.41) is 6.14. The summed E-state index contributed by atoms with van der Waals surface area (Å²) in [4.78, 5) is 16.1. The number of nitrogens with zero attached hydrogens (tertiary/aromatic N) is 1. The van der Waals surface area contributed by atoms with Crippen molar-refractivity contribution >= 4 is 5.91 Å². The van der Waals surface area contributed by atoms with E-state index in [9.17, 15) is 4.79 Å². The molecule has 2 N–H and O–H groups in total. The molecule has 0 aliphatic carbocycles. The van der Waals surface area contributed by atoms with Gasteiger partial charge in [0.2, 0.25) is 11.8 Å². The molecule has 2 rings (SSSR count). The number of hydrogen-bond acceptors (Lipinski definition) is 4. The molecule has 0 aromatic carbocycles. The highest BCUT2D eigenvalue weighted by Crippen LogP contribution is 2.15. The highest BCUT2D eigenvalue weighted by atomic mass is 16.4. The third-order valence-electron chi connectivity index (χ3n) is 3.42.